The van der Waals surface area contributed by atoms with Gasteiger partial charge in [-0.3, -0.25) is 0 Å². The van der Waals surface area contributed by atoms with Crippen LogP contribution in [0.15, 0.2) is 47.4 Å². The lowest BCUT2D eigenvalue weighted by Gasteiger charge is -2.11. The van der Waals surface area contributed by atoms with Crippen molar-refractivity contribution in [1.29, 1.82) is 0 Å². The zero-order valence-electron chi connectivity index (χ0n) is 13.3. The van der Waals surface area contributed by atoms with Gasteiger partial charge in [-0.2, -0.15) is 0 Å². The molecule has 3 rings (SSSR count). The molecule has 0 aliphatic heterocycles. The van der Waals surface area contributed by atoms with E-state index in [1.54, 1.807) is 24.3 Å². The maximum absolute atomic E-state index is 13.6. The number of allylic oxidation sites excluding steroid dienone is 2. The number of methoxy groups -OCH3 is 1. The zero-order chi connectivity index (χ0) is 17.3. The molecular formula is C18H18FNO3S. The van der Waals surface area contributed by atoms with Gasteiger partial charge >= 0.3 is 0 Å². The summed E-state index contributed by atoms with van der Waals surface area (Å²) >= 11 is 0. The monoisotopic (exact) mass is 347 g/mol. The van der Waals surface area contributed by atoms with Gasteiger partial charge in [-0.05, 0) is 65.8 Å². The SMILES string of the molecule is COc1cc(C2=C(c3ccc(S(N)(=O)=O)cc3)CCC2)ccc1F. The molecule has 0 saturated carbocycles. The van der Waals surface area contributed by atoms with Gasteiger partial charge in [0.1, 0.15) is 0 Å². The van der Waals surface area contributed by atoms with E-state index in [4.69, 9.17) is 9.88 Å². The van der Waals surface area contributed by atoms with Gasteiger partial charge in [-0.15, -0.1) is 0 Å². The maximum Gasteiger partial charge on any atom is 0.238 e. The number of hydrogen-bond donors (Lipinski definition) is 1. The largest absolute Gasteiger partial charge is 0.494 e. The lowest BCUT2D eigenvalue weighted by Crippen LogP contribution is -2.11. The van der Waals surface area contributed by atoms with Gasteiger partial charge in [-0.1, -0.05) is 18.2 Å². The van der Waals surface area contributed by atoms with Crippen molar-refractivity contribution >= 4 is 21.2 Å². The fraction of sp³-hybridized carbons (Fsp3) is 0.222. The summed E-state index contributed by atoms with van der Waals surface area (Å²) in [6.45, 7) is 0. The van der Waals surface area contributed by atoms with Crippen LogP contribution >= 0.6 is 0 Å². The quantitative estimate of drug-likeness (QED) is 0.919. The van der Waals surface area contributed by atoms with Gasteiger partial charge in [0.2, 0.25) is 10.0 Å². The topological polar surface area (TPSA) is 69.4 Å². The molecule has 126 valence electrons. The molecule has 2 N–H and O–H groups in total. The third kappa shape index (κ3) is 3.20. The zero-order valence-corrected chi connectivity index (χ0v) is 14.1. The Morgan fingerprint density at radius 2 is 1.58 bits per heavy atom. The molecule has 24 heavy (non-hydrogen) atoms. The molecule has 6 heteroatoms. The van der Waals surface area contributed by atoms with E-state index in [2.05, 4.69) is 0 Å². The van der Waals surface area contributed by atoms with Crippen molar-refractivity contribution in [2.24, 2.45) is 5.14 Å². The fourth-order valence-electron chi connectivity index (χ4n) is 3.07. The van der Waals surface area contributed by atoms with Crippen LogP contribution in [0.25, 0.3) is 11.1 Å². The van der Waals surface area contributed by atoms with E-state index in [1.807, 2.05) is 0 Å². The summed E-state index contributed by atoms with van der Waals surface area (Å²) < 4.78 is 41.4. The highest BCUT2D eigenvalue weighted by Crippen LogP contribution is 2.40. The average Bonchev–Trinajstić information content (AvgIpc) is 3.04. The molecule has 0 amide bonds. The van der Waals surface area contributed by atoms with Crippen LogP contribution in [0.3, 0.4) is 0 Å². The van der Waals surface area contributed by atoms with E-state index >= 15 is 0 Å². The normalized spacial score (nSPS) is 15.0. The average molecular weight is 347 g/mol. The summed E-state index contributed by atoms with van der Waals surface area (Å²) in [5.41, 5.74) is 4.16. The Labute approximate surface area is 140 Å². The number of rotatable bonds is 4. The Morgan fingerprint density at radius 1 is 1.00 bits per heavy atom. The number of ether oxygens (including phenoxy) is 1. The highest BCUT2D eigenvalue weighted by atomic mass is 32.2. The highest BCUT2D eigenvalue weighted by molar-refractivity contribution is 7.89. The molecule has 4 nitrogen and oxygen atoms in total. The first kappa shape index (κ1) is 16.7. The summed E-state index contributed by atoms with van der Waals surface area (Å²) in [4.78, 5) is 0.0925. The summed E-state index contributed by atoms with van der Waals surface area (Å²) in [5, 5.41) is 5.14. The van der Waals surface area contributed by atoms with Crippen molar-refractivity contribution in [3.63, 3.8) is 0 Å². The van der Waals surface area contributed by atoms with Gasteiger partial charge in [0, 0.05) is 0 Å². The second-order valence-corrected chi connectivity index (χ2v) is 7.29. The fourth-order valence-corrected chi connectivity index (χ4v) is 3.59. The Morgan fingerprint density at radius 3 is 2.17 bits per heavy atom. The van der Waals surface area contributed by atoms with Crippen molar-refractivity contribution in [3.05, 3.63) is 59.4 Å². The summed E-state index contributed by atoms with van der Waals surface area (Å²) in [7, 11) is -2.25. The number of nitrogens with two attached hydrogens (primary N) is 1. The molecule has 0 aromatic heterocycles. The Bertz CT molecular complexity index is 902. The van der Waals surface area contributed by atoms with E-state index in [9.17, 15) is 12.8 Å². The van der Waals surface area contributed by atoms with Crippen LogP contribution < -0.4 is 9.88 Å². The number of benzene rings is 2. The van der Waals surface area contributed by atoms with Crippen molar-refractivity contribution < 1.29 is 17.5 Å². The second-order valence-electron chi connectivity index (χ2n) is 5.73. The third-order valence-electron chi connectivity index (χ3n) is 4.25. The van der Waals surface area contributed by atoms with Crippen LogP contribution in [-0.2, 0) is 10.0 Å². The minimum Gasteiger partial charge on any atom is -0.494 e. The van der Waals surface area contributed by atoms with Crippen LogP contribution in [0, 0.1) is 5.82 Å². The van der Waals surface area contributed by atoms with Crippen molar-refractivity contribution in [3.8, 4) is 5.75 Å². The standard InChI is InChI=1S/C18H18FNO3S/c1-23-18-11-13(7-10-17(18)19)16-4-2-3-15(16)12-5-8-14(9-6-12)24(20,21)22/h5-11H,2-4H2,1H3,(H2,20,21,22). The molecule has 2 aromatic carbocycles. The lowest BCUT2D eigenvalue weighted by molar-refractivity contribution is 0.386. The highest BCUT2D eigenvalue weighted by Gasteiger charge is 2.19. The van der Waals surface area contributed by atoms with Crippen molar-refractivity contribution in [2.75, 3.05) is 7.11 Å². The maximum atomic E-state index is 13.6. The van der Waals surface area contributed by atoms with Crippen molar-refractivity contribution in [1.82, 2.24) is 0 Å². The molecule has 0 saturated heterocycles. The van der Waals surface area contributed by atoms with Crippen LogP contribution in [0.1, 0.15) is 30.4 Å². The molecule has 2 aromatic rings. The molecule has 0 spiro atoms. The van der Waals surface area contributed by atoms with E-state index in [0.29, 0.717) is 0 Å². The Balaban J connectivity index is 2.04. The van der Waals surface area contributed by atoms with Crippen LogP contribution in [0.4, 0.5) is 4.39 Å². The molecule has 1 aliphatic carbocycles. The van der Waals surface area contributed by atoms with E-state index in [0.717, 1.165) is 41.5 Å². The number of sulfonamides is 1. The molecule has 0 unspecified atom stereocenters. The molecule has 0 atom stereocenters. The molecule has 1 aliphatic rings. The minimum atomic E-state index is -3.70. The second kappa shape index (κ2) is 6.37. The van der Waals surface area contributed by atoms with Gasteiger partial charge in [0.25, 0.3) is 0 Å². The van der Waals surface area contributed by atoms with Gasteiger partial charge in [0.05, 0.1) is 12.0 Å². The summed E-state index contributed by atoms with van der Waals surface area (Å²) in [6, 6.07) is 11.4. The first-order valence-corrected chi connectivity index (χ1v) is 9.14. The van der Waals surface area contributed by atoms with Gasteiger partial charge in [0.15, 0.2) is 11.6 Å². The predicted octanol–water partition coefficient (Wildman–Crippen LogP) is 3.58. The minimum absolute atomic E-state index is 0.0925. The number of hydrogen-bond acceptors (Lipinski definition) is 3. The predicted molar refractivity (Wildman–Crippen MR) is 91.4 cm³/mol. The molecular weight excluding hydrogens is 329 g/mol. The summed E-state index contributed by atoms with van der Waals surface area (Å²) in [5.74, 6) is -0.172. The first-order chi connectivity index (χ1) is 11.4. The van der Waals surface area contributed by atoms with Crippen LogP contribution in [0.2, 0.25) is 0 Å². The molecule has 0 radical (unpaired) electrons. The first-order valence-electron chi connectivity index (χ1n) is 7.59. The third-order valence-corrected chi connectivity index (χ3v) is 5.18. The Hall–Kier alpha value is -2.18. The van der Waals surface area contributed by atoms with Crippen LogP contribution in [-0.4, -0.2) is 15.5 Å². The smallest absolute Gasteiger partial charge is 0.238 e. The molecule has 0 fully saturated rings. The van der Waals surface area contributed by atoms with Gasteiger partial charge in [-0.25, -0.2) is 17.9 Å². The Kier molecular flexibility index (Phi) is 4.43. The van der Waals surface area contributed by atoms with Crippen molar-refractivity contribution in [2.45, 2.75) is 24.2 Å². The molecule has 0 heterocycles. The summed E-state index contributed by atoms with van der Waals surface area (Å²) in [6.07, 6.45) is 2.78. The lowest BCUT2D eigenvalue weighted by atomic mass is 9.97. The molecule has 0 bridgehead atoms. The van der Waals surface area contributed by atoms with Gasteiger partial charge < -0.3 is 4.74 Å². The van der Waals surface area contributed by atoms with E-state index in [-0.39, 0.29) is 16.5 Å². The number of primary sulfonamides is 1. The van der Waals surface area contributed by atoms with E-state index < -0.39 is 10.0 Å². The van der Waals surface area contributed by atoms with Crippen LogP contribution in [0.5, 0.6) is 5.75 Å². The number of halogens is 1. The van der Waals surface area contributed by atoms with E-state index in [1.165, 1.54) is 25.3 Å².